The van der Waals surface area contributed by atoms with Crippen molar-refractivity contribution in [3.8, 4) is 0 Å². The number of aromatic nitrogens is 5. The maximum atomic E-state index is 11.0. The van der Waals surface area contributed by atoms with Gasteiger partial charge >= 0.3 is 5.97 Å². The van der Waals surface area contributed by atoms with E-state index in [2.05, 4.69) is 25.5 Å². The lowest BCUT2D eigenvalue weighted by Gasteiger charge is -2.06. The smallest absolute Gasteiger partial charge is 0.374 e. The van der Waals surface area contributed by atoms with Crippen molar-refractivity contribution in [2.75, 3.05) is 5.32 Å². The standard InChI is InChI=1S/C11H10N6O2/c1-6-5-7(16-15-6)12-11-14-9(10(18)19)13-8-3-2-4-17(8)11/h2-5H,1H3,(H,18,19)(H2,12,13,14,15,16). The average Bonchev–Trinajstić information content (AvgIpc) is 2.97. The van der Waals surface area contributed by atoms with E-state index in [0.29, 0.717) is 17.4 Å². The maximum Gasteiger partial charge on any atom is 0.374 e. The normalized spacial score (nSPS) is 10.8. The van der Waals surface area contributed by atoms with Crippen LogP contribution >= 0.6 is 0 Å². The molecule has 0 saturated carbocycles. The number of nitrogens with zero attached hydrogens (tertiary/aromatic N) is 4. The summed E-state index contributed by atoms with van der Waals surface area (Å²) < 4.78 is 1.65. The van der Waals surface area contributed by atoms with Gasteiger partial charge in [0.05, 0.1) is 0 Å². The van der Waals surface area contributed by atoms with Gasteiger partial charge in [0.2, 0.25) is 11.8 Å². The first kappa shape index (κ1) is 11.2. The van der Waals surface area contributed by atoms with Crippen LogP contribution in [-0.2, 0) is 0 Å². The molecule has 0 unspecified atom stereocenters. The molecular formula is C11H10N6O2. The lowest BCUT2D eigenvalue weighted by molar-refractivity contribution is 0.0683. The number of carbonyl (C=O) groups is 1. The van der Waals surface area contributed by atoms with Crippen molar-refractivity contribution in [2.45, 2.75) is 6.92 Å². The van der Waals surface area contributed by atoms with Crippen LogP contribution in [0.3, 0.4) is 0 Å². The summed E-state index contributed by atoms with van der Waals surface area (Å²) in [7, 11) is 0. The summed E-state index contributed by atoms with van der Waals surface area (Å²) >= 11 is 0. The Kier molecular flexibility index (Phi) is 2.41. The van der Waals surface area contributed by atoms with Crippen LogP contribution in [0.15, 0.2) is 24.4 Å². The molecule has 8 heteroatoms. The molecule has 0 aliphatic carbocycles. The number of hydrogen-bond donors (Lipinski definition) is 3. The molecule has 3 N–H and O–H groups in total. The molecule has 19 heavy (non-hydrogen) atoms. The number of aromatic amines is 1. The van der Waals surface area contributed by atoms with Crippen molar-refractivity contribution in [3.05, 3.63) is 35.9 Å². The van der Waals surface area contributed by atoms with Gasteiger partial charge in [0.25, 0.3) is 0 Å². The van der Waals surface area contributed by atoms with Gasteiger partial charge in [-0.25, -0.2) is 9.78 Å². The Morgan fingerprint density at radius 2 is 2.32 bits per heavy atom. The molecule has 3 rings (SSSR count). The van der Waals surface area contributed by atoms with Gasteiger partial charge < -0.3 is 10.4 Å². The highest BCUT2D eigenvalue weighted by Gasteiger charge is 2.13. The van der Waals surface area contributed by atoms with Crippen LogP contribution in [-0.4, -0.2) is 35.6 Å². The number of aryl methyl sites for hydroxylation is 1. The second-order valence-electron chi connectivity index (χ2n) is 3.97. The van der Waals surface area contributed by atoms with Gasteiger partial charge in [-0.1, -0.05) is 0 Å². The lowest BCUT2D eigenvalue weighted by Crippen LogP contribution is -2.10. The number of H-pyrrole nitrogens is 1. The number of carboxylic acid groups (broad SMARTS) is 1. The van der Waals surface area contributed by atoms with E-state index in [-0.39, 0.29) is 5.82 Å². The van der Waals surface area contributed by atoms with E-state index in [9.17, 15) is 4.79 Å². The fraction of sp³-hybridized carbons (Fsp3) is 0.0909. The average molecular weight is 258 g/mol. The first-order valence-electron chi connectivity index (χ1n) is 5.51. The predicted molar refractivity (Wildman–Crippen MR) is 66.6 cm³/mol. The summed E-state index contributed by atoms with van der Waals surface area (Å²) in [6.07, 6.45) is 1.74. The van der Waals surface area contributed by atoms with Crippen LogP contribution < -0.4 is 5.32 Å². The highest BCUT2D eigenvalue weighted by molar-refractivity contribution is 5.84. The van der Waals surface area contributed by atoms with Crippen LogP contribution in [0.5, 0.6) is 0 Å². The summed E-state index contributed by atoms with van der Waals surface area (Å²) in [6, 6.07) is 5.25. The first-order valence-corrected chi connectivity index (χ1v) is 5.51. The zero-order valence-electron chi connectivity index (χ0n) is 9.95. The third-order valence-electron chi connectivity index (χ3n) is 2.52. The topological polar surface area (TPSA) is 108 Å². The Morgan fingerprint density at radius 3 is 3.00 bits per heavy atom. The fourth-order valence-corrected chi connectivity index (χ4v) is 1.71. The van der Waals surface area contributed by atoms with E-state index in [1.165, 1.54) is 0 Å². The molecule has 0 aliphatic heterocycles. The molecule has 3 heterocycles. The molecule has 3 aromatic rings. The number of fused-ring (bicyclic) bond motifs is 1. The van der Waals surface area contributed by atoms with Gasteiger partial charge in [0.1, 0.15) is 5.65 Å². The Balaban J connectivity index is 2.10. The van der Waals surface area contributed by atoms with Crippen LogP contribution in [0.1, 0.15) is 16.3 Å². The van der Waals surface area contributed by atoms with Crippen LogP contribution in [0.2, 0.25) is 0 Å². The van der Waals surface area contributed by atoms with E-state index in [1.54, 1.807) is 28.8 Å². The molecule has 8 nitrogen and oxygen atoms in total. The Hall–Kier alpha value is -2.90. The summed E-state index contributed by atoms with van der Waals surface area (Å²) in [5.74, 6) is -0.535. The molecule has 0 aromatic carbocycles. The van der Waals surface area contributed by atoms with Crippen molar-refractivity contribution < 1.29 is 9.90 Å². The Labute approximate surface area is 107 Å². The van der Waals surface area contributed by atoms with E-state index in [0.717, 1.165) is 5.69 Å². The lowest BCUT2D eigenvalue weighted by atomic mass is 10.5. The van der Waals surface area contributed by atoms with Crippen LogP contribution in [0, 0.1) is 6.92 Å². The van der Waals surface area contributed by atoms with Gasteiger partial charge in [-0.2, -0.15) is 10.1 Å². The molecule has 0 radical (unpaired) electrons. The van der Waals surface area contributed by atoms with Crippen molar-refractivity contribution in [1.82, 2.24) is 24.6 Å². The molecular weight excluding hydrogens is 248 g/mol. The number of hydrogen-bond acceptors (Lipinski definition) is 5. The number of nitrogens with one attached hydrogen (secondary N) is 2. The molecule has 0 aliphatic rings. The van der Waals surface area contributed by atoms with Gasteiger partial charge in [-0.05, 0) is 19.1 Å². The summed E-state index contributed by atoms with van der Waals surface area (Å²) in [5.41, 5.74) is 1.39. The van der Waals surface area contributed by atoms with Crippen molar-refractivity contribution >= 4 is 23.4 Å². The Bertz CT molecular complexity index is 759. The van der Waals surface area contributed by atoms with Crippen molar-refractivity contribution in [1.29, 1.82) is 0 Å². The predicted octanol–water partition coefficient (Wildman–Crippen LogP) is 1.20. The minimum absolute atomic E-state index is 0.263. The molecule has 0 atom stereocenters. The first-order chi connectivity index (χ1) is 9.13. The molecule has 0 amide bonds. The number of carboxylic acids is 1. The number of rotatable bonds is 3. The molecule has 0 spiro atoms. The maximum absolute atomic E-state index is 11.0. The molecule has 0 bridgehead atoms. The van der Waals surface area contributed by atoms with E-state index < -0.39 is 5.97 Å². The monoisotopic (exact) mass is 258 g/mol. The zero-order chi connectivity index (χ0) is 13.4. The van der Waals surface area contributed by atoms with Crippen molar-refractivity contribution in [3.63, 3.8) is 0 Å². The second-order valence-corrected chi connectivity index (χ2v) is 3.97. The summed E-state index contributed by atoms with van der Waals surface area (Å²) in [5, 5.41) is 18.8. The molecule has 3 aromatic heterocycles. The van der Waals surface area contributed by atoms with Gasteiger partial charge in [0, 0.05) is 18.0 Å². The van der Waals surface area contributed by atoms with Gasteiger partial charge in [-0.15, -0.1) is 0 Å². The SMILES string of the molecule is Cc1cc(Nc2nc(C(=O)O)nc3cccn23)n[nH]1. The largest absolute Gasteiger partial charge is 0.475 e. The third kappa shape index (κ3) is 1.99. The molecule has 0 fully saturated rings. The summed E-state index contributed by atoms with van der Waals surface area (Å²) in [6.45, 7) is 1.87. The fourth-order valence-electron chi connectivity index (χ4n) is 1.71. The highest BCUT2D eigenvalue weighted by Crippen LogP contribution is 2.15. The van der Waals surface area contributed by atoms with E-state index in [1.807, 2.05) is 6.92 Å². The zero-order valence-corrected chi connectivity index (χ0v) is 9.95. The highest BCUT2D eigenvalue weighted by atomic mass is 16.4. The van der Waals surface area contributed by atoms with Gasteiger partial charge in [0.15, 0.2) is 5.82 Å². The second kappa shape index (κ2) is 4.09. The third-order valence-corrected chi connectivity index (χ3v) is 2.52. The molecule has 96 valence electrons. The van der Waals surface area contributed by atoms with Crippen molar-refractivity contribution in [2.24, 2.45) is 0 Å². The quantitative estimate of drug-likeness (QED) is 0.651. The number of anilines is 2. The Morgan fingerprint density at radius 1 is 1.47 bits per heavy atom. The van der Waals surface area contributed by atoms with E-state index in [4.69, 9.17) is 5.11 Å². The van der Waals surface area contributed by atoms with Crippen LogP contribution in [0.25, 0.3) is 5.65 Å². The van der Waals surface area contributed by atoms with E-state index >= 15 is 0 Å². The van der Waals surface area contributed by atoms with Crippen LogP contribution in [0.4, 0.5) is 11.8 Å². The molecule has 0 saturated heterocycles. The summed E-state index contributed by atoms with van der Waals surface area (Å²) in [4.78, 5) is 18.9. The number of aromatic carboxylic acids is 1. The minimum Gasteiger partial charge on any atom is -0.475 e. The minimum atomic E-state index is -1.18. The van der Waals surface area contributed by atoms with Gasteiger partial charge in [-0.3, -0.25) is 9.50 Å².